The fourth-order valence-corrected chi connectivity index (χ4v) is 2.55. The smallest absolute Gasteiger partial charge is 0.315 e. The van der Waals surface area contributed by atoms with Gasteiger partial charge in [-0.3, -0.25) is 4.79 Å². The quantitative estimate of drug-likeness (QED) is 0.396. The molecular weight excluding hydrogens is 256 g/mol. The van der Waals surface area contributed by atoms with E-state index in [9.17, 15) is 14.7 Å². The number of urea groups is 1. The van der Waals surface area contributed by atoms with Crippen molar-refractivity contribution in [2.24, 2.45) is 5.92 Å². The predicted octanol–water partition coefficient (Wildman–Crippen LogP) is 2.12. The van der Waals surface area contributed by atoms with E-state index in [0.29, 0.717) is 19.4 Å². The van der Waals surface area contributed by atoms with Crippen LogP contribution < -0.4 is 10.6 Å². The van der Waals surface area contributed by atoms with Crippen LogP contribution in [0.3, 0.4) is 0 Å². The van der Waals surface area contributed by atoms with Gasteiger partial charge in [-0.15, -0.1) is 12.3 Å². The summed E-state index contributed by atoms with van der Waals surface area (Å²) in [5.41, 5.74) is 0. The summed E-state index contributed by atoms with van der Waals surface area (Å²) in [4.78, 5) is 23.0. The average molecular weight is 280 g/mol. The molecule has 5 nitrogen and oxygen atoms in total. The standard InChI is InChI=1S/C15H24N2O3/c1-2-3-4-8-11-16-15(20)17-13-10-7-5-6-9-12(13)14(18)19/h1,12-13H,3-11H2,(H,18,19)(H2,16,17,20). The van der Waals surface area contributed by atoms with Crippen LogP contribution in [-0.4, -0.2) is 29.7 Å². The van der Waals surface area contributed by atoms with Crippen molar-refractivity contribution in [1.29, 1.82) is 0 Å². The maximum Gasteiger partial charge on any atom is 0.315 e. The van der Waals surface area contributed by atoms with Crippen molar-refractivity contribution < 1.29 is 14.7 Å². The van der Waals surface area contributed by atoms with E-state index in [1.807, 2.05) is 0 Å². The molecular formula is C15H24N2O3. The molecule has 2 atom stereocenters. The second kappa shape index (κ2) is 9.24. The summed E-state index contributed by atoms with van der Waals surface area (Å²) in [7, 11) is 0. The molecule has 2 amide bonds. The highest BCUT2D eigenvalue weighted by molar-refractivity contribution is 5.76. The van der Waals surface area contributed by atoms with Gasteiger partial charge in [-0.25, -0.2) is 4.79 Å². The molecule has 1 fully saturated rings. The number of carboxylic acid groups (broad SMARTS) is 1. The lowest BCUT2D eigenvalue weighted by atomic mass is 9.95. The fraction of sp³-hybridized carbons (Fsp3) is 0.733. The van der Waals surface area contributed by atoms with Gasteiger partial charge in [0, 0.05) is 19.0 Å². The first-order valence-electron chi connectivity index (χ1n) is 7.35. The normalized spacial score (nSPS) is 22.4. The summed E-state index contributed by atoms with van der Waals surface area (Å²) in [5.74, 6) is 1.27. The van der Waals surface area contributed by atoms with Gasteiger partial charge in [0.15, 0.2) is 0 Å². The molecule has 0 heterocycles. The predicted molar refractivity (Wildman–Crippen MR) is 77.2 cm³/mol. The number of rotatable bonds is 6. The van der Waals surface area contributed by atoms with Crippen molar-refractivity contribution in [1.82, 2.24) is 10.6 Å². The Morgan fingerprint density at radius 3 is 2.65 bits per heavy atom. The van der Waals surface area contributed by atoms with Crippen LogP contribution in [0.1, 0.15) is 51.4 Å². The Balaban J connectivity index is 2.34. The number of nitrogens with one attached hydrogen (secondary N) is 2. The van der Waals surface area contributed by atoms with Crippen molar-refractivity contribution >= 4 is 12.0 Å². The second-order valence-corrected chi connectivity index (χ2v) is 5.25. The van der Waals surface area contributed by atoms with Crippen LogP contribution >= 0.6 is 0 Å². The summed E-state index contributed by atoms with van der Waals surface area (Å²) in [5, 5.41) is 14.8. The van der Waals surface area contributed by atoms with E-state index in [-0.39, 0.29) is 12.1 Å². The van der Waals surface area contributed by atoms with Crippen molar-refractivity contribution in [3.8, 4) is 12.3 Å². The van der Waals surface area contributed by atoms with E-state index in [1.54, 1.807) is 0 Å². The molecule has 1 rings (SSSR count). The zero-order valence-electron chi connectivity index (χ0n) is 11.9. The van der Waals surface area contributed by atoms with Crippen LogP contribution in [0.25, 0.3) is 0 Å². The summed E-state index contributed by atoms with van der Waals surface area (Å²) in [6.07, 6.45) is 11.9. The van der Waals surface area contributed by atoms with Gasteiger partial charge in [0.05, 0.1) is 5.92 Å². The highest BCUT2D eigenvalue weighted by atomic mass is 16.4. The van der Waals surface area contributed by atoms with E-state index >= 15 is 0 Å². The SMILES string of the molecule is C#CCCCCNC(=O)NC1CCCCCC1C(=O)O. The number of carbonyl (C=O) groups excluding carboxylic acids is 1. The molecule has 0 aliphatic heterocycles. The number of carboxylic acids is 1. The van der Waals surface area contributed by atoms with Gasteiger partial charge in [-0.05, 0) is 25.7 Å². The highest BCUT2D eigenvalue weighted by Gasteiger charge is 2.30. The van der Waals surface area contributed by atoms with E-state index in [0.717, 1.165) is 38.5 Å². The molecule has 3 N–H and O–H groups in total. The van der Waals surface area contributed by atoms with Crippen molar-refractivity contribution in [2.75, 3.05) is 6.54 Å². The molecule has 2 unspecified atom stereocenters. The van der Waals surface area contributed by atoms with Crippen molar-refractivity contribution in [2.45, 2.75) is 57.4 Å². The monoisotopic (exact) mass is 280 g/mol. The fourth-order valence-electron chi connectivity index (χ4n) is 2.55. The van der Waals surface area contributed by atoms with Gasteiger partial charge in [0.1, 0.15) is 0 Å². The Bertz CT molecular complexity index is 363. The summed E-state index contributed by atoms with van der Waals surface area (Å²) in [6.45, 7) is 0.567. The molecule has 0 saturated heterocycles. The topological polar surface area (TPSA) is 78.4 Å². The maximum atomic E-state index is 11.8. The van der Waals surface area contributed by atoms with Gasteiger partial charge in [-0.2, -0.15) is 0 Å². The van der Waals surface area contributed by atoms with Crippen LogP contribution in [0, 0.1) is 18.3 Å². The van der Waals surface area contributed by atoms with Crippen molar-refractivity contribution in [3.63, 3.8) is 0 Å². The first-order chi connectivity index (χ1) is 9.65. The Morgan fingerprint density at radius 2 is 1.95 bits per heavy atom. The lowest BCUT2D eigenvalue weighted by Crippen LogP contribution is -2.47. The third kappa shape index (κ3) is 5.96. The molecule has 1 aliphatic rings. The van der Waals surface area contributed by atoms with Crippen LogP contribution in [0.5, 0.6) is 0 Å². The first kappa shape index (κ1) is 16.4. The minimum absolute atomic E-state index is 0.263. The number of unbranched alkanes of at least 4 members (excludes halogenated alkanes) is 2. The molecule has 1 aliphatic carbocycles. The molecule has 1 saturated carbocycles. The first-order valence-corrected chi connectivity index (χ1v) is 7.35. The van der Waals surface area contributed by atoms with Gasteiger partial charge in [0.25, 0.3) is 0 Å². The number of terminal acetylenes is 1. The largest absolute Gasteiger partial charge is 0.481 e. The Labute approximate surface area is 120 Å². The van der Waals surface area contributed by atoms with Gasteiger partial charge >= 0.3 is 12.0 Å². The summed E-state index contributed by atoms with van der Waals surface area (Å²) in [6, 6.07) is -0.537. The van der Waals surface area contributed by atoms with Gasteiger partial charge in [-0.1, -0.05) is 19.3 Å². The van der Waals surface area contributed by atoms with Gasteiger partial charge < -0.3 is 15.7 Å². The minimum atomic E-state index is -0.814. The van der Waals surface area contributed by atoms with Crippen LogP contribution in [-0.2, 0) is 4.79 Å². The van der Waals surface area contributed by atoms with Crippen LogP contribution in [0.2, 0.25) is 0 Å². The average Bonchev–Trinajstić information content (AvgIpc) is 2.64. The molecule has 20 heavy (non-hydrogen) atoms. The molecule has 112 valence electrons. The molecule has 0 radical (unpaired) electrons. The van der Waals surface area contributed by atoms with E-state index in [1.165, 1.54) is 0 Å². The number of aliphatic carboxylic acids is 1. The third-order valence-electron chi connectivity index (χ3n) is 3.68. The van der Waals surface area contributed by atoms with E-state index in [2.05, 4.69) is 16.6 Å². The second-order valence-electron chi connectivity index (χ2n) is 5.25. The third-order valence-corrected chi connectivity index (χ3v) is 3.68. The lowest BCUT2D eigenvalue weighted by Gasteiger charge is -2.23. The molecule has 0 aromatic heterocycles. The number of carbonyl (C=O) groups is 2. The molecule has 0 aromatic carbocycles. The molecule has 0 bridgehead atoms. The van der Waals surface area contributed by atoms with E-state index < -0.39 is 11.9 Å². The zero-order chi connectivity index (χ0) is 14.8. The lowest BCUT2D eigenvalue weighted by molar-refractivity contribution is -0.142. The van der Waals surface area contributed by atoms with Crippen LogP contribution in [0.15, 0.2) is 0 Å². The van der Waals surface area contributed by atoms with E-state index in [4.69, 9.17) is 6.42 Å². The highest BCUT2D eigenvalue weighted by Crippen LogP contribution is 2.23. The number of hydrogen-bond acceptors (Lipinski definition) is 2. The summed E-state index contributed by atoms with van der Waals surface area (Å²) < 4.78 is 0. The Kier molecular flexibility index (Phi) is 7.56. The molecule has 0 aromatic rings. The minimum Gasteiger partial charge on any atom is -0.481 e. The number of hydrogen-bond donors (Lipinski definition) is 3. The van der Waals surface area contributed by atoms with Crippen molar-refractivity contribution in [3.05, 3.63) is 0 Å². The van der Waals surface area contributed by atoms with Crippen LogP contribution in [0.4, 0.5) is 4.79 Å². The summed E-state index contributed by atoms with van der Waals surface area (Å²) >= 11 is 0. The number of amides is 2. The Morgan fingerprint density at radius 1 is 1.20 bits per heavy atom. The zero-order valence-corrected chi connectivity index (χ0v) is 11.9. The van der Waals surface area contributed by atoms with Gasteiger partial charge in [0.2, 0.25) is 0 Å². The Hall–Kier alpha value is -1.70. The molecule has 0 spiro atoms. The molecule has 5 heteroatoms. The maximum absolute atomic E-state index is 11.8.